The highest BCUT2D eigenvalue weighted by atomic mass is 32.2. The lowest BCUT2D eigenvalue weighted by molar-refractivity contribution is -0.125. The predicted molar refractivity (Wildman–Crippen MR) is 121 cm³/mol. The van der Waals surface area contributed by atoms with E-state index in [1.165, 1.54) is 26.4 Å². The van der Waals surface area contributed by atoms with Crippen molar-refractivity contribution in [2.24, 2.45) is 0 Å². The zero-order valence-electron chi connectivity index (χ0n) is 18.2. The van der Waals surface area contributed by atoms with Gasteiger partial charge in [-0.15, -0.1) is 0 Å². The van der Waals surface area contributed by atoms with E-state index in [1.54, 1.807) is 42.2 Å². The number of aryl methyl sites for hydroxylation is 1. The van der Waals surface area contributed by atoms with Crippen LogP contribution >= 0.6 is 0 Å². The van der Waals surface area contributed by atoms with Gasteiger partial charge in [0, 0.05) is 24.8 Å². The Kier molecular flexibility index (Phi) is 7.05. The van der Waals surface area contributed by atoms with Crippen molar-refractivity contribution in [3.05, 3.63) is 53.1 Å². The second-order valence-corrected chi connectivity index (χ2v) is 9.02. The summed E-state index contributed by atoms with van der Waals surface area (Å²) < 4.78 is 38.8. The van der Waals surface area contributed by atoms with Crippen LogP contribution in [0, 0.1) is 18.3 Å². The molecule has 0 atom stereocenters. The number of likely N-dealkylation sites (tertiary alicyclic amines) is 1. The van der Waals surface area contributed by atoms with Crippen LogP contribution in [-0.2, 0) is 14.8 Å². The quantitative estimate of drug-likeness (QED) is 0.507. The van der Waals surface area contributed by atoms with Gasteiger partial charge in [-0.1, -0.05) is 12.1 Å². The molecule has 1 fully saturated rings. The molecule has 3 rings (SSSR count). The van der Waals surface area contributed by atoms with Gasteiger partial charge in [-0.25, -0.2) is 8.42 Å². The third-order valence-corrected chi connectivity index (χ3v) is 6.71. The number of benzene rings is 2. The molecule has 0 saturated carbocycles. The molecule has 32 heavy (non-hydrogen) atoms. The maximum Gasteiger partial charge on any atom is 0.264 e. The summed E-state index contributed by atoms with van der Waals surface area (Å²) >= 11 is 0. The van der Waals surface area contributed by atoms with Crippen molar-refractivity contribution in [2.75, 3.05) is 32.0 Å². The molecule has 8 nitrogen and oxygen atoms in total. The fourth-order valence-electron chi connectivity index (χ4n) is 3.51. The number of nitrogens with one attached hydrogen (secondary N) is 1. The molecular weight excluding hydrogens is 430 g/mol. The fourth-order valence-corrected chi connectivity index (χ4v) is 4.81. The highest BCUT2D eigenvalue weighted by Gasteiger charge is 2.22. The standard InChI is InChI=1S/C23H25N3O5S/c1-16-12-20(30-2)21(31-3)14-22(16)32(28,29)25-19-8-6-17(7-9-19)13-18(15-24)23(27)26-10-4-5-11-26/h6-9,12-14,25H,4-5,10-11H2,1-3H3. The minimum atomic E-state index is -3.88. The average Bonchev–Trinajstić information content (AvgIpc) is 3.32. The van der Waals surface area contributed by atoms with Crippen LogP contribution in [0.4, 0.5) is 5.69 Å². The molecule has 0 aliphatic carbocycles. The molecule has 0 aromatic heterocycles. The molecule has 1 amide bonds. The van der Waals surface area contributed by atoms with Crippen LogP contribution in [0.2, 0.25) is 0 Å². The zero-order chi connectivity index (χ0) is 23.3. The van der Waals surface area contributed by atoms with E-state index in [0.29, 0.717) is 41.4 Å². The molecule has 1 aliphatic heterocycles. The number of ether oxygens (including phenoxy) is 2. The number of amides is 1. The highest BCUT2D eigenvalue weighted by Crippen LogP contribution is 2.33. The van der Waals surface area contributed by atoms with Gasteiger partial charge in [0.05, 0.1) is 19.1 Å². The molecule has 0 bridgehead atoms. The molecule has 9 heteroatoms. The van der Waals surface area contributed by atoms with Crippen molar-refractivity contribution in [1.82, 2.24) is 4.90 Å². The first-order valence-corrected chi connectivity index (χ1v) is 11.5. The lowest BCUT2D eigenvalue weighted by atomic mass is 10.1. The smallest absolute Gasteiger partial charge is 0.264 e. The predicted octanol–water partition coefficient (Wildman–Crippen LogP) is 3.34. The van der Waals surface area contributed by atoms with Gasteiger partial charge in [0.1, 0.15) is 11.6 Å². The molecule has 1 heterocycles. The van der Waals surface area contributed by atoms with E-state index in [4.69, 9.17) is 9.47 Å². The summed E-state index contributed by atoms with van der Waals surface area (Å²) in [6.07, 6.45) is 3.40. The maximum absolute atomic E-state index is 12.9. The van der Waals surface area contributed by atoms with Crippen molar-refractivity contribution in [2.45, 2.75) is 24.7 Å². The zero-order valence-corrected chi connectivity index (χ0v) is 19.0. The first kappa shape index (κ1) is 23.2. The molecule has 0 spiro atoms. The van der Waals surface area contributed by atoms with Gasteiger partial charge in [-0.2, -0.15) is 5.26 Å². The minimum absolute atomic E-state index is 0.0567. The van der Waals surface area contributed by atoms with Crippen LogP contribution in [0.5, 0.6) is 11.5 Å². The lowest BCUT2D eigenvalue weighted by Crippen LogP contribution is -2.28. The van der Waals surface area contributed by atoms with Gasteiger partial charge in [0.25, 0.3) is 15.9 Å². The summed E-state index contributed by atoms with van der Waals surface area (Å²) in [5, 5.41) is 9.38. The maximum atomic E-state index is 12.9. The summed E-state index contributed by atoms with van der Waals surface area (Å²) in [4.78, 5) is 14.2. The van der Waals surface area contributed by atoms with Crippen molar-refractivity contribution >= 4 is 27.7 Å². The van der Waals surface area contributed by atoms with Crippen LogP contribution in [0.25, 0.3) is 6.08 Å². The summed E-state index contributed by atoms with van der Waals surface area (Å²) in [5.74, 6) is 0.473. The second kappa shape index (κ2) is 9.75. The van der Waals surface area contributed by atoms with E-state index in [2.05, 4.69) is 4.72 Å². The monoisotopic (exact) mass is 455 g/mol. The lowest BCUT2D eigenvalue weighted by Gasteiger charge is -2.15. The van der Waals surface area contributed by atoms with E-state index in [1.807, 2.05) is 6.07 Å². The molecule has 168 valence electrons. The molecule has 0 radical (unpaired) electrons. The Morgan fingerprint density at radius 1 is 1.09 bits per heavy atom. The summed E-state index contributed by atoms with van der Waals surface area (Å²) in [5.41, 5.74) is 1.54. The third-order valence-electron chi connectivity index (χ3n) is 5.19. The van der Waals surface area contributed by atoms with Gasteiger partial charge in [0.15, 0.2) is 11.5 Å². The first-order valence-electron chi connectivity index (χ1n) is 10.1. The van der Waals surface area contributed by atoms with Crippen LogP contribution in [0.15, 0.2) is 46.9 Å². The van der Waals surface area contributed by atoms with Crippen LogP contribution in [-0.4, -0.2) is 46.5 Å². The Morgan fingerprint density at radius 2 is 1.69 bits per heavy atom. The largest absolute Gasteiger partial charge is 0.493 e. The summed E-state index contributed by atoms with van der Waals surface area (Å²) in [7, 11) is -0.961. The van der Waals surface area contributed by atoms with E-state index >= 15 is 0 Å². The average molecular weight is 456 g/mol. The van der Waals surface area contributed by atoms with Crippen LogP contribution in [0.3, 0.4) is 0 Å². The SMILES string of the molecule is COc1cc(C)c(S(=O)(=O)Nc2ccc(C=C(C#N)C(=O)N3CCCC3)cc2)cc1OC. The highest BCUT2D eigenvalue weighted by molar-refractivity contribution is 7.92. The van der Waals surface area contributed by atoms with E-state index in [-0.39, 0.29) is 16.4 Å². The number of carbonyl (C=O) groups excluding carboxylic acids is 1. The summed E-state index contributed by atoms with van der Waals surface area (Å²) in [6, 6.07) is 11.4. The molecule has 1 N–H and O–H groups in total. The minimum Gasteiger partial charge on any atom is -0.493 e. The Bertz CT molecular complexity index is 1180. The Labute approximate surface area is 188 Å². The van der Waals surface area contributed by atoms with E-state index in [0.717, 1.165) is 12.8 Å². The van der Waals surface area contributed by atoms with Gasteiger partial charge in [-0.05, 0) is 55.2 Å². The number of sulfonamides is 1. The molecule has 1 saturated heterocycles. The Morgan fingerprint density at radius 3 is 2.25 bits per heavy atom. The van der Waals surface area contributed by atoms with E-state index < -0.39 is 10.0 Å². The van der Waals surface area contributed by atoms with Crippen LogP contribution in [0.1, 0.15) is 24.0 Å². The molecule has 0 unspecified atom stereocenters. The van der Waals surface area contributed by atoms with Crippen molar-refractivity contribution in [1.29, 1.82) is 5.26 Å². The first-order chi connectivity index (χ1) is 15.3. The van der Waals surface area contributed by atoms with Gasteiger partial charge >= 0.3 is 0 Å². The number of hydrogen-bond donors (Lipinski definition) is 1. The Hall–Kier alpha value is -3.51. The van der Waals surface area contributed by atoms with Crippen molar-refractivity contribution in [3.8, 4) is 17.6 Å². The van der Waals surface area contributed by atoms with E-state index in [9.17, 15) is 18.5 Å². The van der Waals surface area contributed by atoms with Gasteiger partial charge < -0.3 is 14.4 Å². The number of carbonyl (C=O) groups is 1. The Balaban J connectivity index is 1.81. The normalized spacial score (nSPS) is 14.1. The number of methoxy groups -OCH3 is 2. The topological polar surface area (TPSA) is 109 Å². The number of nitrogens with zero attached hydrogens (tertiary/aromatic N) is 2. The van der Waals surface area contributed by atoms with Crippen LogP contribution < -0.4 is 14.2 Å². The molecule has 1 aliphatic rings. The molecule has 2 aromatic rings. The summed E-state index contributed by atoms with van der Waals surface area (Å²) in [6.45, 7) is 2.99. The second-order valence-electron chi connectivity index (χ2n) is 7.37. The van der Waals surface area contributed by atoms with Crippen molar-refractivity contribution in [3.63, 3.8) is 0 Å². The van der Waals surface area contributed by atoms with Crippen molar-refractivity contribution < 1.29 is 22.7 Å². The number of nitriles is 1. The fraction of sp³-hybridized carbons (Fsp3) is 0.304. The third kappa shape index (κ3) is 5.03. The number of anilines is 1. The van der Waals surface area contributed by atoms with Gasteiger partial charge in [-0.3, -0.25) is 9.52 Å². The number of hydrogen-bond acceptors (Lipinski definition) is 6. The van der Waals surface area contributed by atoms with Gasteiger partial charge in [0.2, 0.25) is 0 Å². The molecule has 2 aromatic carbocycles. The number of rotatable bonds is 7. The molecular formula is C23H25N3O5S.